The summed E-state index contributed by atoms with van der Waals surface area (Å²) >= 11 is 7.85. The molecule has 2 heterocycles. The number of carbonyl (C=O) groups excluding carboxylic acids is 2. The lowest BCUT2D eigenvalue weighted by molar-refractivity contribution is -0.135. The average molecular weight is 478 g/mol. The lowest BCUT2D eigenvalue weighted by Crippen LogP contribution is -2.52. The normalized spacial score (nSPS) is 16.3. The lowest BCUT2D eigenvalue weighted by atomic mass is 10.00. The highest BCUT2D eigenvalue weighted by molar-refractivity contribution is 7.10. The summed E-state index contributed by atoms with van der Waals surface area (Å²) in [6.07, 6.45) is 1.60. The van der Waals surface area contributed by atoms with E-state index in [1.807, 2.05) is 50.8 Å². The van der Waals surface area contributed by atoms with Gasteiger partial charge in [-0.2, -0.15) is 0 Å². The van der Waals surface area contributed by atoms with E-state index in [-0.39, 0.29) is 30.6 Å². The van der Waals surface area contributed by atoms with Gasteiger partial charge in [0.15, 0.2) is 0 Å². The van der Waals surface area contributed by atoms with E-state index in [4.69, 9.17) is 16.3 Å². The SMILES string of the molecule is CCNC(=O)N(CC(=O)N1CCc2sccc2C1COc1ccc(Cl)c(C)c1)C(C)CC. The molecule has 0 bridgehead atoms. The third kappa shape index (κ3) is 5.56. The molecule has 1 N–H and O–H groups in total. The molecule has 6 nitrogen and oxygen atoms in total. The van der Waals surface area contributed by atoms with E-state index in [0.717, 1.165) is 29.7 Å². The Balaban J connectivity index is 1.78. The molecule has 3 rings (SSSR count). The molecular weight excluding hydrogens is 446 g/mol. The Morgan fingerprint density at radius 2 is 2.12 bits per heavy atom. The van der Waals surface area contributed by atoms with Gasteiger partial charge in [0.25, 0.3) is 0 Å². The van der Waals surface area contributed by atoms with E-state index in [0.29, 0.717) is 24.7 Å². The average Bonchev–Trinajstić information content (AvgIpc) is 3.26. The number of halogens is 1. The van der Waals surface area contributed by atoms with Gasteiger partial charge < -0.3 is 19.9 Å². The van der Waals surface area contributed by atoms with Crippen molar-refractivity contribution >= 4 is 34.9 Å². The highest BCUT2D eigenvalue weighted by Crippen LogP contribution is 2.34. The van der Waals surface area contributed by atoms with Crippen molar-refractivity contribution in [2.45, 2.75) is 52.6 Å². The predicted molar refractivity (Wildman–Crippen MR) is 130 cm³/mol. The van der Waals surface area contributed by atoms with E-state index < -0.39 is 0 Å². The molecule has 0 spiro atoms. The molecule has 32 heavy (non-hydrogen) atoms. The van der Waals surface area contributed by atoms with Crippen LogP contribution in [0.5, 0.6) is 5.75 Å². The van der Waals surface area contributed by atoms with E-state index in [1.54, 1.807) is 16.2 Å². The third-order valence-electron chi connectivity index (χ3n) is 5.97. The molecule has 0 aliphatic carbocycles. The van der Waals surface area contributed by atoms with Crippen LogP contribution in [0, 0.1) is 6.92 Å². The zero-order chi connectivity index (χ0) is 23.3. The molecule has 2 atom stereocenters. The molecular formula is C24H32ClN3O3S. The predicted octanol–water partition coefficient (Wildman–Crippen LogP) is 5.04. The highest BCUT2D eigenvalue weighted by atomic mass is 35.5. The van der Waals surface area contributed by atoms with Crippen LogP contribution >= 0.6 is 22.9 Å². The maximum atomic E-state index is 13.4. The number of fused-ring (bicyclic) bond motifs is 1. The van der Waals surface area contributed by atoms with E-state index in [2.05, 4.69) is 16.8 Å². The molecule has 0 saturated carbocycles. The fourth-order valence-corrected chi connectivity index (χ4v) is 4.94. The zero-order valence-corrected chi connectivity index (χ0v) is 20.8. The summed E-state index contributed by atoms with van der Waals surface area (Å²) in [5.41, 5.74) is 2.08. The van der Waals surface area contributed by atoms with Crippen LogP contribution in [0.2, 0.25) is 5.02 Å². The van der Waals surface area contributed by atoms with Crippen LogP contribution in [0.3, 0.4) is 0 Å². The number of nitrogens with one attached hydrogen (secondary N) is 1. The Kier molecular flexibility index (Phi) is 8.43. The number of aryl methyl sites for hydroxylation is 1. The number of rotatable bonds is 8. The molecule has 1 aromatic carbocycles. The van der Waals surface area contributed by atoms with Crippen LogP contribution in [-0.2, 0) is 11.2 Å². The minimum absolute atomic E-state index is 0.0289. The largest absolute Gasteiger partial charge is 0.491 e. The Hall–Kier alpha value is -2.25. The molecule has 2 unspecified atom stereocenters. The summed E-state index contributed by atoms with van der Waals surface area (Å²) in [6.45, 7) is 9.35. The number of ether oxygens (including phenoxy) is 1. The quantitative estimate of drug-likeness (QED) is 0.579. The number of hydrogen-bond acceptors (Lipinski definition) is 4. The summed E-state index contributed by atoms with van der Waals surface area (Å²) in [5, 5.41) is 5.60. The summed E-state index contributed by atoms with van der Waals surface area (Å²) in [4.78, 5) is 30.8. The monoisotopic (exact) mass is 477 g/mol. The molecule has 1 aliphatic heterocycles. The topological polar surface area (TPSA) is 61.9 Å². The number of carbonyl (C=O) groups is 2. The van der Waals surface area contributed by atoms with Crippen LogP contribution in [0.25, 0.3) is 0 Å². The summed E-state index contributed by atoms with van der Waals surface area (Å²) in [6, 6.07) is 7.23. The first kappa shape index (κ1) is 24.4. The van der Waals surface area contributed by atoms with Crippen molar-refractivity contribution < 1.29 is 14.3 Å². The van der Waals surface area contributed by atoms with Crippen molar-refractivity contribution in [2.24, 2.45) is 0 Å². The van der Waals surface area contributed by atoms with Crippen molar-refractivity contribution in [3.05, 3.63) is 50.7 Å². The number of benzene rings is 1. The van der Waals surface area contributed by atoms with Crippen LogP contribution in [-0.4, -0.2) is 54.0 Å². The van der Waals surface area contributed by atoms with Gasteiger partial charge >= 0.3 is 6.03 Å². The Morgan fingerprint density at radius 3 is 2.81 bits per heavy atom. The number of hydrogen-bond donors (Lipinski definition) is 1. The van der Waals surface area contributed by atoms with Gasteiger partial charge in [0.2, 0.25) is 5.91 Å². The van der Waals surface area contributed by atoms with Gasteiger partial charge in [-0.15, -0.1) is 11.3 Å². The lowest BCUT2D eigenvalue weighted by Gasteiger charge is -2.38. The molecule has 0 radical (unpaired) electrons. The van der Waals surface area contributed by atoms with Crippen LogP contribution < -0.4 is 10.1 Å². The Labute approximate surface area is 199 Å². The second-order valence-corrected chi connectivity index (χ2v) is 9.50. The molecule has 1 aromatic heterocycles. The van der Waals surface area contributed by atoms with Crippen molar-refractivity contribution in [1.29, 1.82) is 0 Å². The van der Waals surface area contributed by atoms with Crippen molar-refractivity contribution in [2.75, 3.05) is 26.2 Å². The van der Waals surface area contributed by atoms with Gasteiger partial charge in [0.05, 0.1) is 6.04 Å². The molecule has 2 aromatic rings. The van der Waals surface area contributed by atoms with Crippen molar-refractivity contribution in [3.63, 3.8) is 0 Å². The van der Waals surface area contributed by atoms with Crippen LogP contribution in [0.1, 0.15) is 49.2 Å². The highest BCUT2D eigenvalue weighted by Gasteiger charge is 2.34. The maximum absolute atomic E-state index is 13.4. The van der Waals surface area contributed by atoms with E-state index in [9.17, 15) is 9.59 Å². The minimum Gasteiger partial charge on any atom is -0.491 e. The molecule has 1 aliphatic rings. The summed E-state index contributed by atoms with van der Waals surface area (Å²) < 4.78 is 6.11. The van der Waals surface area contributed by atoms with Gasteiger partial charge in [-0.05, 0) is 74.4 Å². The first-order chi connectivity index (χ1) is 15.3. The maximum Gasteiger partial charge on any atom is 0.318 e. The molecule has 0 fully saturated rings. The molecule has 174 valence electrons. The number of urea groups is 1. The van der Waals surface area contributed by atoms with Crippen molar-refractivity contribution in [3.8, 4) is 5.75 Å². The number of thiophene rings is 1. The van der Waals surface area contributed by atoms with Crippen LogP contribution in [0.15, 0.2) is 29.6 Å². The first-order valence-electron chi connectivity index (χ1n) is 11.1. The second-order valence-electron chi connectivity index (χ2n) is 8.09. The third-order valence-corrected chi connectivity index (χ3v) is 7.39. The van der Waals surface area contributed by atoms with Gasteiger partial charge in [0, 0.05) is 29.0 Å². The van der Waals surface area contributed by atoms with Crippen LogP contribution in [0.4, 0.5) is 4.79 Å². The zero-order valence-electron chi connectivity index (χ0n) is 19.2. The fourth-order valence-electron chi connectivity index (χ4n) is 3.89. The van der Waals surface area contributed by atoms with Gasteiger partial charge in [-0.25, -0.2) is 4.79 Å². The fraction of sp³-hybridized carbons (Fsp3) is 0.500. The molecule has 0 saturated heterocycles. The summed E-state index contributed by atoms with van der Waals surface area (Å²) in [7, 11) is 0. The first-order valence-corrected chi connectivity index (χ1v) is 12.4. The van der Waals surface area contributed by atoms with E-state index >= 15 is 0 Å². The molecule has 3 amide bonds. The standard InChI is InChI=1S/C24H32ClN3O3S/c1-5-17(4)28(24(30)26-6-2)14-23(29)27-11-9-22-19(10-12-32-22)21(27)15-31-18-7-8-20(25)16(3)13-18/h7-8,10,12-13,17,21H,5-6,9,11,14-15H2,1-4H3,(H,26,30). The van der Waals surface area contributed by atoms with Crippen molar-refractivity contribution in [1.82, 2.24) is 15.1 Å². The minimum atomic E-state index is -0.201. The van der Waals surface area contributed by atoms with Gasteiger partial charge in [0.1, 0.15) is 18.9 Å². The smallest absolute Gasteiger partial charge is 0.318 e. The number of nitrogens with zero attached hydrogens (tertiary/aromatic N) is 2. The number of amides is 3. The Bertz CT molecular complexity index is 948. The van der Waals surface area contributed by atoms with Gasteiger partial charge in [-0.1, -0.05) is 18.5 Å². The second kappa shape index (κ2) is 11.1. The summed E-state index contributed by atoms with van der Waals surface area (Å²) in [5.74, 6) is 0.666. The van der Waals surface area contributed by atoms with Gasteiger partial charge in [-0.3, -0.25) is 4.79 Å². The van der Waals surface area contributed by atoms with E-state index in [1.165, 1.54) is 4.88 Å². The molecule has 8 heteroatoms. The Morgan fingerprint density at radius 1 is 1.34 bits per heavy atom.